The van der Waals surface area contributed by atoms with Gasteiger partial charge in [0.25, 0.3) is 5.91 Å². The van der Waals surface area contributed by atoms with E-state index in [0.29, 0.717) is 19.4 Å². The second kappa shape index (κ2) is 5.05. The van der Waals surface area contributed by atoms with E-state index >= 15 is 0 Å². The second-order valence-corrected chi connectivity index (χ2v) is 4.26. The van der Waals surface area contributed by atoms with Crippen LogP contribution in [-0.2, 0) is 4.79 Å². The number of aromatic carboxylic acids is 1. The summed E-state index contributed by atoms with van der Waals surface area (Å²) in [5.74, 6) is -2.38. The van der Waals surface area contributed by atoms with Gasteiger partial charge in [-0.1, -0.05) is 0 Å². The highest BCUT2D eigenvalue weighted by Gasteiger charge is 2.35. The number of hydrogen-bond donors (Lipinski definition) is 2. The summed E-state index contributed by atoms with van der Waals surface area (Å²) in [7, 11) is 0. The summed E-state index contributed by atoms with van der Waals surface area (Å²) < 4.78 is 0. The van der Waals surface area contributed by atoms with Crippen LogP contribution >= 0.6 is 0 Å². The van der Waals surface area contributed by atoms with Crippen LogP contribution in [0.3, 0.4) is 0 Å². The summed E-state index contributed by atoms with van der Waals surface area (Å²) in [4.78, 5) is 39.7. The van der Waals surface area contributed by atoms with Crippen LogP contribution in [0.15, 0.2) is 18.3 Å². The molecule has 0 spiro atoms. The summed E-state index contributed by atoms with van der Waals surface area (Å²) in [6.45, 7) is 0.377. The van der Waals surface area contributed by atoms with E-state index in [1.165, 1.54) is 23.2 Å². The summed E-state index contributed by atoms with van der Waals surface area (Å²) in [6, 6.07) is 2.06. The van der Waals surface area contributed by atoms with Crippen molar-refractivity contribution < 1.29 is 19.5 Å². The molecule has 0 aliphatic carbocycles. The molecule has 1 aromatic heterocycles. The van der Waals surface area contributed by atoms with E-state index < -0.39 is 23.8 Å². The van der Waals surface area contributed by atoms with Gasteiger partial charge < -0.3 is 15.7 Å². The standard InChI is InChI=1S/C12H13N3O4/c13-10(16)8-4-2-6-15(8)11(17)9-7(12(18)19)3-1-5-14-9/h1,3,5,8H,2,4,6H2,(H2,13,16)(H,18,19). The van der Waals surface area contributed by atoms with E-state index in [-0.39, 0.29) is 11.3 Å². The molecule has 1 fully saturated rings. The molecule has 1 atom stereocenters. The monoisotopic (exact) mass is 263 g/mol. The predicted molar refractivity (Wildman–Crippen MR) is 64.4 cm³/mol. The molecule has 7 heteroatoms. The first-order valence-electron chi connectivity index (χ1n) is 5.81. The van der Waals surface area contributed by atoms with Crippen molar-refractivity contribution in [2.24, 2.45) is 5.73 Å². The molecule has 0 saturated carbocycles. The fourth-order valence-electron chi connectivity index (χ4n) is 2.19. The average molecular weight is 263 g/mol. The molecule has 1 aliphatic rings. The SMILES string of the molecule is NC(=O)C1CCCN1C(=O)c1ncccc1C(=O)O. The van der Waals surface area contributed by atoms with Crippen LogP contribution in [0.1, 0.15) is 33.7 Å². The minimum atomic E-state index is -1.23. The van der Waals surface area contributed by atoms with Gasteiger partial charge in [-0.15, -0.1) is 0 Å². The van der Waals surface area contributed by atoms with E-state index in [1.807, 2.05) is 0 Å². The first kappa shape index (κ1) is 13.0. The van der Waals surface area contributed by atoms with Gasteiger partial charge in [-0.3, -0.25) is 14.6 Å². The smallest absolute Gasteiger partial charge is 0.338 e. The zero-order chi connectivity index (χ0) is 14.0. The van der Waals surface area contributed by atoms with Gasteiger partial charge >= 0.3 is 5.97 Å². The number of amides is 2. The molecule has 1 saturated heterocycles. The van der Waals surface area contributed by atoms with Crippen LogP contribution in [0, 0.1) is 0 Å². The second-order valence-electron chi connectivity index (χ2n) is 4.26. The number of rotatable bonds is 3. The Labute approximate surface area is 109 Å². The quantitative estimate of drug-likeness (QED) is 0.788. The first-order valence-corrected chi connectivity index (χ1v) is 5.81. The highest BCUT2D eigenvalue weighted by molar-refractivity contribution is 6.04. The molecule has 1 unspecified atom stereocenters. The Morgan fingerprint density at radius 1 is 1.42 bits per heavy atom. The zero-order valence-electron chi connectivity index (χ0n) is 10.1. The Hall–Kier alpha value is -2.44. The lowest BCUT2D eigenvalue weighted by Crippen LogP contribution is -2.44. The third-order valence-electron chi connectivity index (χ3n) is 3.08. The van der Waals surface area contributed by atoms with Crippen LogP contribution < -0.4 is 5.73 Å². The van der Waals surface area contributed by atoms with Gasteiger partial charge in [-0.2, -0.15) is 0 Å². The number of carbonyl (C=O) groups is 3. The van der Waals surface area contributed by atoms with E-state index in [9.17, 15) is 14.4 Å². The summed E-state index contributed by atoms with van der Waals surface area (Å²) in [5.41, 5.74) is 4.89. The molecule has 2 amide bonds. The van der Waals surface area contributed by atoms with Gasteiger partial charge in [-0.05, 0) is 25.0 Å². The van der Waals surface area contributed by atoms with Gasteiger partial charge in [-0.25, -0.2) is 4.79 Å². The molecule has 1 aromatic rings. The molecule has 1 aliphatic heterocycles. The van der Waals surface area contributed by atoms with Crippen LogP contribution in [-0.4, -0.2) is 45.4 Å². The van der Waals surface area contributed by atoms with Crippen LogP contribution in [0.2, 0.25) is 0 Å². The molecular formula is C12H13N3O4. The summed E-state index contributed by atoms with van der Waals surface area (Å²) in [6.07, 6.45) is 2.50. The summed E-state index contributed by atoms with van der Waals surface area (Å²) >= 11 is 0. The Morgan fingerprint density at radius 3 is 2.79 bits per heavy atom. The fraction of sp³-hybridized carbons (Fsp3) is 0.333. The molecule has 19 heavy (non-hydrogen) atoms. The van der Waals surface area contributed by atoms with E-state index in [0.717, 1.165) is 0 Å². The van der Waals surface area contributed by atoms with Crippen molar-refractivity contribution >= 4 is 17.8 Å². The lowest BCUT2D eigenvalue weighted by Gasteiger charge is -2.22. The number of pyridine rings is 1. The predicted octanol–water partition coefficient (Wildman–Crippen LogP) is -0.130. The zero-order valence-corrected chi connectivity index (χ0v) is 10.1. The normalized spacial score (nSPS) is 18.3. The van der Waals surface area contributed by atoms with Crippen LogP contribution in [0.25, 0.3) is 0 Å². The number of aromatic nitrogens is 1. The number of carbonyl (C=O) groups excluding carboxylic acids is 2. The molecule has 3 N–H and O–H groups in total. The number of carboxylic acids is 1. The number of likely N-dealkylation sites (tertiary alicyclic amines) is 1. The molecule has 2 heterocycles. The van der Waals surface area contributed by atoms with Gasteiger partial charge in [0, 0.05) is 12.7 Å². The largest absolute Gasteiger partial charge is 0.478 e. The number of nitrogens with zero attached hydrogens (tertiary/aromatic N) is 2. The van der Waals surface area contributed by atoms with Crippen molar-refractivity contribution in [2.75, 3.05) is 6.54 Å². The lowest BCUT2D eigenvalue weighted by atomic mass is 10.1. The van der Waals surface area contributed by atoms with Gasteiger partial charge in [0.1, 0.15) is 11.7 Å². The Bertz CT molecular complexity index is 544. The van der Waals surface area contributed by atoms with Crippen molar-refractivity contribution in [1.29, 1.82) is 0 Å². The van der Waals surface area contributed by atoms with Crippen molar-refractivity contribution in [3.8, 4) is 0 Å². The maximum atomic E-state index is 12.3. The van der Waals surface area contributed by atoms with Crippen LogP contribution in [0.4, 0.5) is 0 Å². The molecule has 0 bridgehead atoms. The Kier molecular flexibility index (Phi) is 3.46. The van der Waals surface area contributed by atoms with Crippen molar-refractivity contribution in [3.63, 3.8) is 0 Å². The molecule has 0 aromatic carbocycles. The number of nitrogens with two attached hydrogens (primary N) is 1. The molecular weight excluding hydrogens is 250 g/mol. The fourth-order valence-corrected chi connectivity index (χ4v) is 2.19. The van der Waals surface area contributed by atoms with Crippen molar-refractivity contribution in [3.05, 3.63) is 29.6 Å². The molecule has 2 rings (SSSR count). The maximum absolute atomic E-state index is 12.3. The first-order chi connectivity index (χ1) is 9.02. The molecule has 7 nitrogen and oxygen atoms in total. The maximum Gasteiger partial charge on any atom is 0.338 e. The summed E-state index contributed by atoms with van der Waals surface area (Å²) in [5, 5.41) is 9.03. The van der Waals surface area contributed by atoms with E-state index in [2.05, 4.69) is 4.98 Å². The van der Waals surface area contributed by atoms with Gasteiger partial charge in [0.2, 0.25) is 5.91 Å². The van der Waals surface area contributed by atoms with Crippen LogP contribution in [0.5, 0.6) is 0 Å². The molecule has 100 valence electrons. The van der Waals surface area contributed by atoms with Gasteiger partial charge in [0.15, 0.2) is 0 Å². The Morgan fingerprint density at radius 2 is 2.16 bits per heavy atom. The third kappa shape index (κ3) is 2.40. The minimum Gasteiger partial charge on any atom is -0.478 e. The highest BCUT2D eigenvalue weighted by atomic mass is 16.4. The minimum absolute atomic E-state index is 0.164. The van der Waals surface area contributed by atoms with Gasteiger partial charge in [0.05, 0.1) is 5.56 Å². The topological polar surface area (TPSA) is 114 Å². The Balaban J connectivity index is 2.34. The van der Waals surface area contributed by atoms with E-state index in [4.69, 9.17) is 10.8 Å². The van der Waals surface area contributed by atoms with Crippen molar-refractivity contribution in [1.82, 2.24) is 9.88 Å². The third-order valence-corrected chi connectivity index (χ3v) is 3.08. The number of carboxylic acid groups (broad SMARTS) is 1. The lowest BCUT2D eigenvalue weighted by molar-refractivity contribution is -0.121. The molecule has 0 radical (unpaired) electrons. The number of primary amides is 1. The van der Waals surface area contributed by atoms with Crippen molar-refractivity contribution in [2.45, 2.75) is 18.9 Å². The highest BCUT2D eigenvalue weighted by Crippen LogP contribution is 2.20. The van der Waals surface area contributed by atoms with E-state index in [1.54, 1.807) is 0 Å². The number of hydrogen-bond acceptors (Lipinski definition) is 4. The average Bonchev–Trinajstić information content (AvgIpc) is 2.87.